The second kappa shape index (κ2) is 6.33. The van der Waals surface area contributed by atoms with E-state index in [4.69, 9.17) is 0 Å². The highest BCUT2D eigenvalue weighted by atomic mass is 19.1. The Labute approximate surface area is 163 Å². The quantitative estimate of drug-likeness (QED) is 0.565. The molecule has 1 aromatic carbocycles. The van der Waals surface area contributed by atoms with E-state index < -0.39 is 0 Å². The first-order chi connectivity index (χ1) is 14.0. The summed E-state index contributed by atoms with van der Waals surface area (Å²) in [5.41, 5.74) is 3.55. The molecule has 1 N–H and O–H groups in total. The van der Waals surface area contributed by atoms with Crippen LogP contribution in [-0.2, 0) is 13.1 Å². The molecule has 1 aliphatic heterocycles. The van der Waals surface area contributed by atoms with Gasteiger partial charge in [-0.25, -0.2) is 18.9 Å². The number of halogens is 1. The van der Waals surface area contributed by atoms with E-state index in [0.717, 1.165) is 11.3 Å². The van der Waals surface area contributed by atoms with Gasteiger partial charge in [-0.2, -0.15) is 0 Å². The summed E-state index contributed by atoms with van der Waals surface area (Å²) in [5.74, 6) is -0.627. The number of nitrogens with one attached hydrogen (secondary N) is 1. The Bertz CT molecular complexity index is 1310. The van der Waals surface area contributed by atoms with Crippen molar-refractivity contribution in [1.29, 1.82) is 0 Å². The predicted octanol–water partition coefficient (Wildman–Crippen LogP) is 2.08. The van der Waals surface area contributed by atoms with Crippen molar-refractivity contribution in [2.24, 2.45) is 0 Å². The van der Waals surface area contributed by atoms with Gasteiger partial charge in [-0.05, 0) is 36.8 Å². The summed E-state index contributed by atoms with van der Waals surface area (Å²) in [6.07, 6.45) is 2.96. The van der Waals surface area contributed by atoms with Gasteiger partial charge >= 0.3 is 0 Å². The van der Waals surface area contributed by atoms with E-state index in [1.807, 2.05) is 0 Å². The van der Waals surface area contributed by atoms with E-state index in [9.17, 15) is 14.0 Å². The molecule has 0 atom stereocenters. The first-order valence-corrected chi connectivity index (χ1v) is 8.97. The van der Waals surface area contributed by atoms with Gasteiger partial charge < -0.3 is 4.90 Å². The zero-order valence-corrected chi connectivity index (χ0v) is 15.4. The first kappa shape index (κ1) is 17.2. The summed E-state index contributed by atoms with van der Waals surface area (Å²) in [7, 11) is 0. The van der Waals surface area contributed by atoms with Gasteiger partial charge in [-0.15, -0.1) is 0 Å². The molecule has 3 aromatic heterocycles. The van der Waals surface area contributed by atoms with Gasteiger partial charge in [0.15, 0.2) is 5.65 Å². The summed E-state index contributed by atoms with van der Waals surface area (Å²) in [6.45, 7) is 2.18. The number of amides is 1. The number of hydrogen-bond acceptors (Lipinski definition) is 5. The predicted molar refractivity (Wildman–Crippen MR) is 102 cm³/mol. The third kappa shape index (κ3) is 2.87. The van der Waals surface area contributed by atoms with E-state index in [-0.39, 0.29) is 36.1 Å². The fraction of sp³-hybridized carbons (Fsp3) is 0.150. The third-order valence-corrected chi connectivity index (χ3v) is 4.93. The summed E-state index contributed by atoms with van der Waals surface area (Å²) in [5, 5.41) is 3.00. The van der Waals surface area contributed by atoms with Gasteiger partial charge in [0.25, 0.3) is 11.5 Å². The van der Waals surface area contributed by atoms with Crippen molar-refractivity contribution in [2.75, 3.05) is 0 Å². The van der Waals surface area contributed by atoms with Crippen LogP contribution >= 0.6 is 0 Å². The molecule has 9 heteroatoms. The topological polar surface area (TPSA) is 96.3 Å². The highest BCUT2D eigenvalue weighted by molar-refractivity contribution is 5.92. The number of nitrogens with zero attached hydrogens (tertiary/aromatic N) is 5. The maximum absolute atomic E-state index is 13.2. The summed E-state index contributed by atoms with van der Waals surface area (Å²) in [4.78, 5) is 39.9. The van der Waals surface area contributed by atoms with Crippen molar-refractivity contribution in [3.8, 4) is 11.3 Å². The SMILES string of the molecule is Cc1cnc(C(=O)N2Cc3nc4cc(-c5ccc(F)cc5)[nH]n4c(=O)c3C2)cn1. The van der Waals surface area contributed by atoms with E-state index in [0.29, 0.717) is 22.6 Å². The fourth-order valence-corrected chi connectivity index (χ4v) is 3.41. The molecular weight excluding hydrogens is 375 g/mol. The third-order valence-electron chi connectivity index (χ3n) is 4.93. The molecule has 0 saturated carbocycles. The molecule has 0 bridgehead atoms. The number of aromatic nitrogens is 5. The van der Waals surface area contributed by atoms with Crippen LogP contribution in [0.25, 0.3) is 16.9 Å². The van der Waals surface area contributed by atoms with Gasteiger partial charge in [-0.3, -0.25) is 19.7 Å². The van der Waals surface area contributed by atoms with Gasteiger partial charge in [0.1, 0.15) is 11.5 Å². The van der Waals surface area contributed by atoms with Crippen molar-refractivity contribution >= 4 is 11.6 Å². The molecule has 0 saturated heterocycles. The molecule has 4 heterocycles. The molecule has 4 aromatic rings. The Hall–Kier alpha value is -3.88. The van der Waals surface area contributed by atoms with Crippen LogP contribution in [0.15, 0.2) is 47.5 Å². The normalized spacial score (nSPS) is 13.1. The first-order valence-electron chi connectivity index (χ1n) is 8.97. The number of rotatable bonds is 2. The van der Waals surface area contributed by atoms with Crippen LogP contribution in [-0.4, -0.2) is 35.4 Å². The Morgan fingerprint density at radius 2 is 1.93 bits per heavy atom. The maximum atomic E-state index is 13.2. The van der Waals surface area contributed by atoms with Gasteiger partial charge in [0.05, 0.1) is 41.9 Å². The van der Waals surface area contributed by atoms with Crippen LogP contribution in [0.3, 0.4) is 0 Å². The molecule has 0 radical (unpaired) electrons. The monoisotopic (exact) mass is 390 g/mol. The molecule has 5 rings (SSSR count). The second-order valence-corrected chi connectivity index (χ2v) is 6.92. The summed E-state index contributed by atoms with van der Waals surface area (Å²) < 4.78 is 14.5. The lowest BCUT2D eigenvalue weighted by Gasteiger charge is -2.13. The number of hydrogen-bond donors (Lipinski definition) is 1. The minimum atomic E-state index is -0.331. The number of H-pyrrole nitrogens is 1. The highest BCUT2D eigenvalue weighted by Gasteiger charge is 2.29. The smallest absolute Gasteiger partial charge is 0.278 e. The van der Waals surface area contributed by atoms with E-state index in [1.54, 1.807) is 25.1 Å². The molecule has 1 amide bonds. The highest BCUT2D eigenvalue weighted by Crippen LogP contribution is 2.23. The number of aryl methyl sites for hydroxylation is 1. The largest absolute Gasteiger partial charge is 0.327 e. The maximum Gasteiger partial charge on any atom is 0.278 e. The zero-order chi connectivity index (χ0) is 20.1. The molecule has 29 heavy (non-hydrogen) atoms. The molecule has 0 aliphatic carbocycles. The van der Waals surface area contributed by atoms with E-state index in [2.05, 4.69) is 20.1 Å². The van der Waals surface area contributed by atoms with Gasteiger partial charge in [0.2, 0.25) is 0 Å². The van der Waals surface area contributed by atoms with Crippen LogP contribution < -0.4 is 5.56 Å². The van der Waals surface area contributed by atoms with Crippen LogP contribution in [0.1, 0.15) is 27.4 Å². The Morgan fingerprint density at radius 3 is 2.66 bits per heavy atom. The standard InChI is InChI=1S/C20H15FN6O2/c1-11-7-23-16(8-22-11)20(29)26-9-14-17(10-26)24-18-6-15(25-27(18)19(14)28)12-2-4-13(21)5-3-12/h2-8,25H,9-10H2,1H3. The molecule has 1 aliphatic rings. The number of aromatic amines is 1. The van der Waals surface area contributed by atoms with Crippen LogP contribution in [0.2, 0.25) is 0 Å². The molecule has 0 unspecified atom stereocenters. The van der Waals surface area contributed by atoms with Crippen molar-refractivity contribution in [3.05, 3.63) is 81.5 Å². The Kier molecular flexibility index (Phi) is 3.76. The van der Waals surface area contributed by atoms with Crippen molar-refractivity contribution in [1.82, 2.24) is 29.5 Å². The van der Waals surface area contributed by atoms with E-state index >= 15 is 0 Å². The molecular formula is C20H15FN6O2. The second-order valence-electron chi connectivity index (χ2n) is 6.92. The van der Waals surface area contributed by atoms with Crippen LogP contribution in [0, 0.1) is 12.7 Å². The van der Waals surface area contributed by atoms with Crippen LogP contribution in [0.5, 0.6) is 0 Å². The number of benzene rings is 1. The Morgan fingerprint density at radius 1 is 1.14 bits per heavy atom. The molecule has 8 nitrogen and oxygen atoms in total. The number of carbonyl (C=O) groups excluding carboxylic acids is 1. The van der Waals surface area contributed by atoms with Crippen molar-refractivity contribution in [2.45, 2.75) is 20.0 Å². The average molecular weight is 390 g/mol. The lowest BCUT2D eigenvalue weighted by atomic mass is 10.1. The molecule has 0 spiro atoms. The zero-order valence-electron chi connectivity index (χ0n) is 15.4. The molecule has 144 valence electrons. The van der Waals surface area contributed by atoms with Gasteiger partial charge in [0, 0.05) is 12.3 Å². The lowest BCUT2D eigenvalue weighted by molar-refractivity contribution is 0.0743. The molecule has 0 fully saturated rings. The average Bonchev–Trinajstić information content (AvgIpc) is 3.34. The Balaban J connectivity index is 1.49. The van der Waals surface area contributed by atoms with Crippen molar-refractivity contribution in [3.63, 3.8) is 0 Å². The van der Waals surface area contributed by atoms with Crippen molar-refractivity contribution < 1.29 is 9.18 Å². The minimum Gasteiger partial charge on any atom is -0.327 e. The number of fused-ring (bicyclic) bond motifs is 2. The number of carbonyl (C=O) groups is 1. The minimum absolute atomic E-state index is 0.156. The van der Waals surface area contributed by atoms with Gasteiger partial charge in [-0.1, -0.05) is 0 Å². The van der Waals surface area contributed by atoms with E-state index in [1.165, 1.54) is 33.9 Å². The summed E-state index contributed by atoms with van der Waals surface area (Å²) >= 11 is 0. The fourth-order valence-electron chi connectivity index (χ4n) is 3.41. The summed E-state index contributed by atoms with van der Waals surface area (Å²) in [6, 6.07) is 7.69. The lowest BCUT2D eigenvalue weighted by Crippen LogP contribution is -2.27. The van der Waals surface area contributed by atoms with Crippen LogP contribution in [0.4, 0.5) is 4.39 Å².